The minimum atomic E-state index is -0.629. The van der Waals surface area contributed by atoms with Crippen molar-refractivity contribution in [1.29, 1.82) is 0 Å². The molecule has 0 aromatic heterocycles. The number of hydrogen-bond acceptors (Lipinski definition) is 3. The molecule has 2 nitrogen and oxygen atoms in total. The van der Waals surface area contributed by atoms with Gasteiger partial charge in [-0.15, -0.1) is 0 Å². The Hall–Kier alpha value is -0.960. The van der Waals surface area contributed by atoms with Crippen molar-refractivity contribution < 1.29 is 4.79 Å². The first-order chi connectivity index (χ1) is 5.91. The smallest absolute Gasteiger partial charge is 0.178 e. The number of benzene rings is 1. The summed E-state index contributed by atoms with van der Waals surface area (Å²) in [4.78, 5) is 11.7. The molecule has 0 unspecified atom stereocenters. The van der Waals surface area contributed by atoms with Gasteiger partial charge < -0.3 is 5.73 Å². The largest absolute Gasteiger partial charge is 0.399 e. The van der Waals surface area contributed by atoms with Gasteiger partial charge in [0.15, 0.2) is 5.78 Å². The lowest BCUT2D eigenvalue weighted by molar-refractivity contribution is 0.0959. The van der Waals surface area contributed by atoms with Crippen LogP contribution < -0.4 is 5.73 Å². The van der Waals surface area contributed by atoms with Gasteiger partial charge in [-0.1, -0.05) is 0 Å². The topological polar surface area (TPSA) is 43.1 Å². The zero-order chi connectivity index (χ0) is 10.1. The molecule has 0 aliphatic carbocycles. The molecular weight excluding hydrogens is 182 g/mol. The van der Waals surface area contributed by atoms with E-state index in [0.29, 0.717) is 11.3 Å². The Morgan fingerprint density at radius 3 is 2.15 bits per heavy atom. The maximum Gasteiger partial charge on any atom is 0.178 e. The first kappa shape index (κ1) is 10.1. The van der Waals surface area contributed by atoms with Crippen LogP contribution in [0.3, 0.4) is 0 Å². The summed E-state index contributed by atoms with van der Waals surface area (Å²) in [6.07, 6.45) is 0. The number of rotatable bonds is 2. The average Bonchev–Trinajstić information content (AvgIpc) is 2.03. The molecule has 0 radical (unpaired) electrons. The van der Waals surface area contributed by atoms with Gasteiger partial charge in [0, 0.05) is 11.3 Å². The predicted octanol–water partition coefficient (Wildman–Crippen LogP) is 2.16. The monoisotopic (exact) mass is 195 g/mol. The zero-order valence-corrected chi connectivity index (χ0v) is 8.64. The summed E-state index contributed by atoms with van der Waals surface area (Å²) in [7, 11) is 0. The Labute approximate surface area is 83.5 Å². The van der Waals surface area contributed by atoms with E-state index in [1.807, 2.05) is 0 Å². The zero-order valence-electron chi connectivity index (χ0n) is 7.74. The van der Waals surface area contributed by atoms with E-state index in [0.717, 1.165) is 0 Å². The minimum absolute atomic E-state index is 0.0100. The summed E-state index contributed by atoms with van der Waals surface area (Å²) in [5.41, 5.74) is 6.81. The molecule has 13 heavy (non-hydrogen) atoms. The highest BCUT2D eigenvalue weighted by Crippen LogP contribution is 2.19. The predicted molar refractivity (Wildman–Crippen MR) is 58.2 cm³/mol. The van der Waals surface area contributed by atoms with E-state index < -0.39 is 4.75 Å². The lowest BCUT2D eigenvalue weighted by Crippen LogP contribution is -2.24. The summed E-state index contributed by atoms with van der Waals surface area (Å²) in [5, 5.41) is 0. The molecule has 0 saturated carbocycles. The first-order valence-electron chi connectivity index (χ1n) is 4.04. The van der Waals surface area contributed by atoms with Gasteiger partial charge in [-0.2, -0.15) is 12.6 Å². The molecule has 1 aromatic carbocycles. The van der Waals surface area contributed by atoms with E-state index in [1.54, 1.807) is 38.1 Å². The van der Waals surface area contributed by atoms with Gasteiger partial charge in [0.2, 0.25) is 0 Å². The molecule has 3 heteroatoms. The van der Waals surface area contributed by atoms with Gasteiger partial charge in [0.05, 0.1) is 4.75 Å². The van der Waals surface area contributed by atoms with Crippen molar-refractivity contribution in [1.82, 2.24) is 0 Å². The molecule has 0 aliphatic heterocycles. The molecule has 0 fully saturated rings. The van der Waals surface area contributed by atoms with Crippen molar-refractivity contribution in [3.63, 3.8) is 0 Å². The van der Waals surface area contributed by atoms with Crippen molar-refractivity contribution in [2.45, 2.75) is 18.6 Å². The molecule has 0 atom stereocenters. The van der Waals surface area contributed by atoms with Crippen LogP contribution in [0.4, 0.5) is 5.69 Å². The van der Waals surface area contributed by atoms with Crippen LogP contribution in [0.5, 0.6) is 0 Å². The van der Waals surface area contributed by atoms with E-state index in [4.69, 9.17) is 5.73 Å². The van der Waals surface area contributed by atoms with Crippen LogP contribution in [0.15, 0.2) is 24.3 Å². The van der Waals surface area contributed by atoms with Crippen molar-refractivity contribution in [2.75, 3.05) is 5.73 Å². The van der Waals surface area contributed by atoms with Gasteiger partial charge in [0.25, 0.3) is 0 Å². The van der Waals surface area contributed by atoms with E-state index >= 15 is 0 Å². The lowest BCUT2D eigenvalue weighted by atomic mass is 10.0. The Kier molecular flexibility index (Phi) is 2.66. The Morgan fingerprint density at radius 2 is 1.77 bits per heavy atom. The van der Waals surface area contributed by atoms with Crippen LogP contribution >= 0.6 is 12.6 Å². The summed E-state index contributed by atoms with van der Waals surface area (Å²) in [6.45, 7) is 3.55. The van der Waals surface area contributed by atoms with Crippen LogP contribution in [0, 0.1) is 0 Å². The third kappa shape index (κ3) is 2.49. The molecule has 1 rings (SSSR count). The highest BCUT2D eigenvalue weighted by Gasteiger charge is 2.23. The fourth-order valence-electron chi connectivity index (χ4n) is 0.988. The number of Topliss-reactive ketones (excluding diaryl/α,β-unsaturated/α-hetero) is 1. The number of hydrogen-bond donors (Lipinski definition) is 2. The van der Waals surface area contributed by atoms with Gasteiger partial charge in [0.1, 0.15) is 0 Å². The normalized spacial score (nSPS) is 11.3. The molecular formula is C10H13NOS. The Bertz CT molecular complexity index is 311. The van der Waals surface area contributed by atoms with E-state index in [-0.39, 0.29) is 5.78 Å². The van der Waals surface area contributed by atoms with Gasteiger partial charge in [-0.25, -0.2) is 0 Å². The summed E-state index contributed by atoms with van der Waals surface area (Å²) in [6, 6.07) is 6.87. The molecule has 0 spiro atoms. The van der Waals surface area contributed by atoms with E-state index in [1.165, 1.54) is 0 Å². The van der Waals surface area contributed by atoms with Gasteiger partial charge >= 0.3 is 0 Å². The first-order valence-corrected chi connectivity index (χ1v) is 4.48. The molecule has 1 aromatic rings. The number of nitrogen functional groups attached to an aromatic ring is 1. The van der Waals surface area contributed by atoms with Gasteiger partial charge in [-0.05, 0) is 38.1 Å². The van der Waals surface area contributed by atoms with Crippen LogP contribution in [-0.2, 0) is 0 Å². The quantitative estimate of drug-likeness (QED) is 0.431. The molecule has 0 bridgehead atoms. The number of anilines is 1. The van der Waals surface area contributed by atoms with Crippen LogP contribution in [0.2, 0.25) is 0 Å². The minimum Gasteiger partial charge on any atom is -0.399 e. The summed E-state index contributed by atoms with van der Waals surface area (Å²) >= 11 is 4.21. The molecule has 70 valence electrons. The van der Waals surface area contributed by atoms with E-state index in [2.05, 4.69) is 12.6 Å². The van der Waals surface area contributed by atoms with Crippen molar-refractivity contribution >= 4 is 24.1 Å². The van der Waals surface area contributed by atoms with Crippen molar-refractivity contribution in [3.8, 4) is 0 Å². The van der Waals surface area contributed by atoms with Gasteiger partial charge in [-0.3, -0.25) is 4.79 Å². The third-order valence-electron chi connectivity index (χ3n) is 1.73. The average molecular weight is 195 g/mol. The maximum atomic E-state index is 11.7. The molecule has 0 amide bonds. The SMILES string of the molecule is CC(C)(S)C(=O)c1ccc(N)cc1. The number of carbonyl (C=O) groups is 1. The van der Waals surface area contributed by atoms with Crippen LogP contribution in [0.1, 0.15) is 24.2 Å². The highest BCUT2D eigenvalue weighted by atomic mass is 32.1. The fourth-order valence-corrected chi connectivity index (χ4v) is 1.12. The third-order valence-corrected chi connectivity index (χ3v) is 1.93. The maximum absolute atomic E-state index is 11.7. The second-order valence-corrected chi connectivity index (χ2v) is 4.63. The number of ketones is 1. The standard InChI is InChI=1S/C10H13NOS/c1-10(2,13)9(12)7-3-5-8(11)6-4-7/h3-6,13H,11H2,1-2H3. The molecule has 2 N–H and O–H groups in total. The van der Waals surface area contributed by atoms with Crippen molar-refractivity contribution in [2.24, 2.45) is 0 Å². The molecule has 0 saturated heterocycles. The Morgan fingerprint density at radius 1 is 1.31 bits per heavy atom. The fraction of sp³-hybridized carbons (Fsp3) is 0.300. The lowest BCUT2D eigenvalue weighted by Gasteiger charge is -2.15. The Balaban J connectivity index is 2.97. The van der Waals surface area contributed by atoms with Crippen LogP contribution in [-0.4, -0.2) is 10.5 Å². The van der Waals surface area contributed by atoms with Crippen LogP contribution in [0.25, 0.3) is 0 Å². The summed E-state index contributed by atoms with van der Waals surface area (Å²) < 4.78 is -0.629. The molecule has 0 aliphatic rings. The number of carbonyl (C=O) groups excluding carboxylic acids is 1. The molecule has 0 heterocycles. The number of thiol groups is 1. The second kappa shape index (κ2) is 3.42. The number of nitrogens with two attached hydrogens (primary N) is 1. The summed E-state index contributed by atoms with van der Waals surface area (Å²) in [5.74, 6) is 0.0100. The van der Waals surface area contributed by atoms with Crippen molar-refractivity contribution in [3.05, 3.63) is 29.8 Å². The second-order valence-electron chi connectivity index (χ2n) is 3.51. The van der Waals surface area contributed by atoms with E-state index in [9.17, 15) is 4.79 Å². The highest BCUT2D eigenvalue weighted by molar-refractivity contribution is 7.82.